The highest BCUT2D eigenvalue weighted by molar-refractivity contribution is 7.99. The van der Waals surface area contributed by atoms with Crippen LogP contribution in [0.15, 0.2) is 46.5 Å². The maximum atomic E-state index is 11.2. The Morgan fingerprint density at radius 3 is 2.50 bits per heavy atom. The van der Waals surface area contributed by atoms with E-state index in [2.05, 4.69) is 37.6 Å². The molecule has 168 valence electrons. The third-order valence-corrected chi connectivity index (χ3v) is 6.06. The zero-order valence-electron chi connectivity index (χ0n) is 18.6. The van der Waals surface area contributed by atoms with E-state index in [1.165, 1.54) is 18.7 Å². The van der Waals surface area contributed by atoms with E-state index in [9.17, 15) is 4.79 Å². The van der Waals surface area contributed by atoms with Crippen molar-refractivity contribution in [1.29, 1.82) is 0 Å². The van der Waals surface area contributed by atoms with E-state index >= 15 is 0 Å². The minimum absolute atomic E-state index is 0.0885. The van der Waals surface area contributed by atoms with Crippen molar-refractivity contribution in [1.82, 2.24) is 25.1 Å². The molecule has 32 heavy (non-hydrogen) atoms. The smallest absolute Gasteiger partial charge is 0.221 e. The summed E-state index contributed by atoms with van der Waals surface area (Å²) in [5, 5.41) is 13.9. The van der Waals surface area contributed by atoms with Gasteiger partial charge < -0.3 is 20.4 Å². The molecule has 3 heterocycles. The number of aromatic amines is 1. The number of carbonyl (C=O) groups excluding carboxylic acids is 1. The summed E-state index contributed by atoms with van der Waals surface area (Å²) >= 11 is 1.49. The number of anilines is 4. The number of amides is 1. The molecule has 0 aliphatic carbocycles. The van der Waals surface area contributed by atoms with Gasteiger partial charge in [0.05, 0.1) is 5.69 Å². The third-order valence-electron chi connectivity index (χ3n) is 5.19. The lowest BCUT2D eigenvalue weighted by molar-refractivity contribution is -0.114. The lowest BCUT2D eigenvalue weighted by atomic mass is 10.3. The van der Waals surface area contributed by atoms with E-state index < -0.39 is 0 Å². The molecule has 0 radical (unpaired) electrons. The highest BCUT2D eigenvalue weighted by Gasteiger charge is 2.19. The van der Waals surface area contributed by atoms with Gasteiger partial charge in [-0.3, -0.25) is 9.89 Å². The second-order valence-corrected chi connectivity index (χ2v) is 8.71. The summed E-state index contributed by atoms with van der Waals surface area (Å²) in [6.07, 6.45) is 0. The van der Waals surface area contributed by atoms with Crippen LogP contribution in [0.5, 0.6) is 0 Å². The monoisotopic (exact) mass is 452 g/mol. The number of piperazine rings is 1. The highest BCUT2D eigenvalue weighted by Crippen LogP contribution is 2.30. The Hall–Kier alpha value is -3.11. The van der Waals surface area contributed by atoms with Crippen LogP contribution in [0.4, 0.5) is 23.1 Å². The fourth-order valence-corrected chi connectivity index (χ4v) is 4.28. The van der Waals surface area contributed by atoms with Crippen molar-refractivity contribution >= 4 is 40.8 Å². The van der Waals surface area contributed by atoms with Crippen molar-refractivity contribution in [2.45, 2.75) is 30.8 Å². The first-order valence-corrected chi connectivity index (χ1v) is 11.5. The number of hydrogen-bond acceptors (Lipinski definition) is 8. The molecular formula is C22H28N8OS. The van der Waals surface area contributed by atoms with Gasteiger partial charge in [-0.25, -0.2) is 9.97 Å². The average Bonchev–Trinajstić information content (AvgIpc) is 3.19. The SMILES string of the molecule is CCN1CCN(c2cc(Nc3cc(C)n[nH]3)nc(Sc3ccc(NC(C)=O)cc3)n2)CC1. The first-order chi connectivity index (χ1) is 15.5. The number of likely N-dealkylation sites (N-methyl/N-ethyl adjacent to an activating group) is 1. The standard InChI is InChI=1S/C22H28N8OS/c1-4-29-9-11-30(12-10-29)21-14-19(24-20-13-15(2)27-28-20)25-22(26-21)32-18-7-5-17(6-8-18)23-16(3)31/h5-8,13-14H,4,9-12H2,1-3H3,(H,23,31)(H2,24,25,26,27,28). The second kappa shape index (κ2) is 10.0. The molecule has 10 heteroatoms. The van der Waals surface area contributed by atoms with E-state index in [0.29, 0.717) is 11.0 Å². The van der Waals surface area contributed by atoms with Crippen molar-refractivity contribution in [3.63, 3.8) is 0 Å². The Labute approximate surface area is 192 Å². The summed E-state index contributed by atoms with van der Waals surface area (Å²) in [6.45, 7) is 10.6. The molecule has 4 rings (SSSR count). The lowest BCUT2D eigenvalue weighted by Gasteiger charge is -2.34. The Morgan fingerprint density at radius 2 is 1.88 bits per heavy atom. The van der Waals surface area contributed by atoms with Crippen LogP contribution in [0.25, 0.3) is 0 Å². The topological polar surface area (TPSA) is 102 Å². The first-order valence-electron chi connectivity index (χ1n) is 10.7. The summed E-state index contributed by atoms with van der Waals surface area (Å²) in [5.41, 5.74) is 1.67. The summed E-state index contributed by atoms with van der Waals surface area (Å²) < 4.78 is 0. The molecule has 0 unspecified atom stereocenters. The molecule has 0 atom stereocenters. The molecule has 2 aromatic heterocycles. The average molecular weight is 453 g/mol. The highest BCUT2D eigenvalue weighted by atomic mass is 32.2. The number of hydrogen-bond donors (Lipinski definition) is 3. The van der Waals surface area contributed by atoms with Crippen molar-refractivity contribution < 1.29 is 4.79 Å². The maximum Gasteiger partial charge on any atom is 0.221 e. The van der Waals surface area contributed by atoms with Crippen molar-refractivity contribution in [2.75, 3.05) is 48.3 Å². The molecule has 3 aromatic rings. The van der Waals surface area contributed by atoms with Gasteiger partial charge in [-0.05, 0) is 49.5 Å². The molecule has 0 spiro atoms. The molecule has 1 amide bonds. The minimum atomic E-state index is -0.0885. The molecule has 9 nitrogen and oxygen atoms in total. The van der Waals surface area contributed by atoms with Crippen molar-refractivity contribution in [3.05, 3.63) is 42.1 Å². The first kappa shape index (κ1) is 22.1. The number of carbonyl (C=O) groups is 1. The normalized spacial score (nSPS) is 14.4. The van der Waals surface area contributed by atoms with Gasteiger partial charge in [0.2, 0.25) is 5.91 Å². The molecule has 1 aromatic carbocycles. The Kier molecular flexibility index (Phi) is 6.91. The quantitative estimate of drug-likeness (QED) is 0.468. The van der Waals surface area contributed by atoms with E-state index in [1.54, 1.807) is 0 Å². The van der Waals surface area contributed by atoms with Gasteiger partial charge in [0, 0.05) is 55.8 Å². The Bertz CT molecular complexity index is 1060. The number of H-pyrrole nitrogens is 1. The molecule has 1 aliphatic rings. The van der Waals surface area contributed by atoms with Gasteiger partial charge in [0.25, 0.3) is 0 Å². The van der Waals surface area contributed by atoms with Crippen molar-refractivity contribution in [3.8, 4) is 0 Å². The lowest BCUT2D eigenvalue weighted by Crippen LogP contribution is -2.46. The third kappa shape index (κ3) is 5.77. The number of benzene rings is 1. The number of nitrogens with zero attached hydrogens (tertiary/aromatic N) is 5. The molecule has 3 N–H and O–H groups in total. The van der Waals surface area contributed by atoms with Crippen LogP contribution in [0.2, 0.25) is 0 Å². The van der Waals surface area contributed by atoms with E-state index in [1.807, 2.05) is 43.3 Å². The van der Waals surface area contributed by atoms with Gasteiger partial charge >= 0.3 is 0 Å². The van der Waals surface area contributed by atoms with Gasteiger partial charge in [-0.15, -0.1) is 0 Å². The zero-order valence-corrected chi connectivity index (χ0v) is 19.4. The van der Waals surface area contributed by atoms with Crippen LogP contribution in [0.3, 0.4) is 0 Å². The molecular weight excluding hydrogens is 424 g/mol. The van der Waals surface area contributed by atoms with E-state index in [-0.39, 0.29) is 5.91 Å². The Balaban J connectivity index is 1.57. The number of aromatic nitrogens is 4. The van der Waals surface area contributed by atoms with E-state index in [4.69, 9.17) is 9.97 Å². The number of rotatable bonds is 7. The fourth-order valence-electron chi connectivity index (χ4n) is 3.52. The fraction of sp³-hybridized carbons (Fsp3) is 0.364. The van der Waals surface area contributed by atoms with E-state index in [0.717, 1.165) is 60.6 Å². The molecule has 0 saturated carbocycles. The van der Waals surface area contributed by atoms with Crippen molar-refractivity contribution in [2.24, 2.45) is 0 Å². The van der Waals surface area contributed by atoms with Gasteiger partial charge in [-0.2, -0.15) is 5.10 Å². The minimum Gasteiger partial charge on any atom is -0.354 e. The van der Waals surface area contributed by atoms with Crippen LogP contribution < -0.4 is 15.5 Å². The summed E-state index contributed by atoms with van der Waals surface area (Å²) in [4.78, 5) is 26.6. The Morgan fingerprint density at radius 1 is 1.12 bits per heavy atom. The number of aryl methyl sites for hydroxylation is 1. The van der Waals surface area contributed by atoms with Crippen LogP contribution in [0, 0.1) is 6.92 Å². The molecule has 1 saturated heterocycles. The summed E-state index contributed by atoms with van der Waals surface area (Å²) in [6, 6.07) is 11.6. The number of nitrogens with one attached hydrogen (secondary N) is 3. The van der Waals surface area contributed by atoms with Crippen LogP contribution >= 0.6 is 11.8 Å². The van der Waals surface area contributed by atoms with Crippen LogP contribution in [-0.2, 0) is 4.79 Å². The maximum absolute atomic E-state index is 11.2. The molecule has 0 bridgehead atoms. The van der Waals surface area contributed by atoms with Crippen LogP contribution in [0.1, 0.15) is 19.5 Å². The van der Waals surface area contributed by atoms with Gasteiger partial charge in [-0.1, -0.05) is 6.92 Å². The largest absolute Gasteiger partial charge is 0.354 e. The predicted molar refractivity (Wildman–Crippen MR) is 128 cm³/mol. The second-order valence-electron chi connectivity index (χ2n) is 7.67. The summed E-state index contributed by atoms with van der Waals surface area (Å²) in [7, 11) is 0. The van der Waals surface area contributed by atoms with Gasteiger partial charge in [0.1, 0.15) is 17.5 Å². The van der Waals surface area contributed by atoms with Gasteiger partial charge in [0.15, 0.2) is 5.16 Å². The summed E-state index contributed by atoms with van der Waals surface area (Å²) in [5.74, 6) is 2.33. The molecule has 1 fully saturated rings. The van der Waals surface area contributed by atoms with Crippen LogP contribution in [-0.4, -0.2) is 63.7 Å². The zero-order chi connectivity index (χ0) is 22.5. The predicted octanol–water partition coefficient (Wildman–Crippen LogP) is 3.50. The molecule has 1 aliphatic heterocycles.